The number of likely N-dealkylation sites (tertiary alicyclic amines) is 1. The zero-order chi connectivity index (χ0) is 20.2. The molecule has 0 N–H and O–H groups in total. The first-order valence-electron chi connectivity index (χ1n) is 11.4. The van der Waals surface area contributed by atoms with E-state index in [1.54, 1.807) is 0 Å². The number of nitrogens with zero attached hydrogens (tertiary/aromatic N) is 2. The average molecular weight is 389 g/mol. The van der Waals surface area contributed by atoms with Gasteiger partial charge in [0.1, 0.15) is 0 Å². The zero-order valence-corrected chi connectivity index (χ0v) is 17.7. The highest BCUT2D eigenvalue weighted by atomic mass is 16.2. The third-order valence-electron chi connectivity index (χ3n) is 9.29. The van der Waals surface area contributed by atoms with Crippen molar-refractivity contribution in [2.24, 2.45) is 28.6 Å². The Labute approximate surface area is 174 Å². The van der Waals surface area contributed by atoms with Gasteiger partial charge in [0.05, 0.1) is 6.07 Å². The molecule has 1 aliphatic heterocycles. The van der Waals surface area contributed by atoms with Crippen LogP contribution < -0.4 is 0 Å². The standard InChI is InChI=1S/C26H32N2O/c1-25-14-12-22-20(21(25)10-8-19(25)16-27)9-11-23-26(22,2)15-13-24(29)28(23)17-18-6-4-3-5-7-18/h3-8,20-23H,9-15,17H2,1-2H3/t20-,21-,22+,23?,25+,26+/m0/s1. The van der Waals surface area contributed by atoms with Crippen LogP contribution in [0.25, 0.3) is 0 Å². The quantitative estimate of drug-likeness (QED) is 0.673. The van der Waals surface area contributed by atoms with E-state index in [1.165, 1.54) is 18.4 Å². The van der Waals surface area contributed by atoms with Gasteiger partial charge in [0.2, 0.25) is 5.91 Å². The Bertz CT molecular complexity index is 884. The fourth-order valence-corrected chi connectivity index (χ4v) is 7.71. The number of hydrogen-bond acceptors (Lipinski definition) is 2. The first kappa shape index (κ1) is 18.9. The van der Waals surface area contributed by atoms with E-state index in [2.05, 4.69) is 55.2 Å². The summed E-state index contributed by atoms with van der Waals surface area (Å²) in [5.74, 6) is 2.33. The largest absolute Gasteiger partial charge is 0.335 e. The SMILES string of the molecule is C[C@]12CCC(=O)N(Cc3ccccc3)C1CC[C@@H]1[C@H]2CC[C@]2(C)C(C#N)=CC[C@@H]12. The van der Waals surface area contributed by atoms with Gasteiger partial charge >= 0.3 is 0 Å². The topological polar surface area (TPSA) is 44.1 Å². The molecule has 0 radical (unpaired) electrons. The summed E-state index contributed by atoms with van der Waals surface area (Å²) in [5.41, 5.74) is 2.58. The van der Waals surface area contributed by atoms with Crippen LogP contribution in [0.15, 0.2) is 42.0 Å². The Morgan fingerprint density at radius 1 is 1.10 bits per heavy atom. The highest BCUT2D eigenvalue weighted by Crippen LogP contribution is 2.64. The Morgan fingerprint density at radius 3 is 2.66 bits per heavy atom. The molecule has 1 aromatic rings. The second-order valence-corrected chi connectivity index (χ2v) is 10.4. The summed E-state index contributed by atoms with van der Waals surface area (Å²) < 4.78 is 0. The van der Waals surface area contributed by atoms with Crippen LogP contribution in [-0.2, 0) is 11.3 Å². The lowest BCUT2D eigenvalue weighted by Crippen LogP contribution is -2.61. The highest BCUT2D eigenvalue weighted by molar-refractivity contribution is 5.77. The van der Waals surface area contributed by atoms with Gasteiger partial charge in [0, 0.05) is 30.0 Å². The summed E-state index contributed by atoms with van der Waals surface area (Å²) in [4.78, 5) is 15.2. The van der Waals surface area contributed by atoms with E-state index in [0.717, 1.165) is 37.8 Å². The molecule has 3 aliphatic carbocycles. The Hall–Kier alpha value is -2.08. The van der Waals surface area contributed by atoms with Crippen molar-refractivity contribution in [3.63, 3.8) is 0 Å². The number of carbonyl (C=O) groups excluding carboxylic acids is 1. The minimum Gasteiger partial charge on any atom is -0.335 e. The number of allylic oxidation sites excluding steroid dienone is 2. The number of carbonyl (C=O) groups is 1. The molecule has 3 fully saturated rings. The van der Waals surface area contributed by atoms with Crippen LogP contribution in [0.4, 0.5) is 0 Å². The maximum atomic E-state index is 13.0. The number of nitriles is 1. The van der Waals surface area contributed by atoms with Crippen LogP contribution in [-0.4, -0.2) is 16.8 Å². The summed E-state index contributed by atoms with van der Waals surface area (Å²) >= 11 is 0. The lowest BCUT2D eigenvalue weighted by Gasteiger charge is -2.61. The molecule has 4 aliphatic rings. The molecule has 1 aromatic carbocycles. The summed E-state index contributed by atoms with van der Waals surface area (Å²) in [5, 5.41) is 9.65. The highest BCUT2D eigenvalue weighted by Gasteiger charge is 2.60. The minimum atomic E-state index is 0.0906. The van der Waals surface area contributed by atoms with Crippen LogP contribution in [0.1, 0.15) is 64.4 Å². The molecule has 6 atom stereocenters. The van der Waals surface area contributed by atoms with Crippen molar-refractivity contribution in [1.82, 2.24) is 4.90 Å². The molecule has 1 amide bonds. The summed E-state index contributed by atoms with van der Waals surface area (Å²) in [6.45, 7) is 5.57. The monoisotopic (exact) mass is 388 g/mol. The van der Waals surface area contributed by atoms with E-state index < -0.39 is 0 Å². The van der Waals surface area contributed by atoms with Crippen molar-refractivity contribution in [3.05, 3.63) is 47.5 Å². The summed E-state index contributed by atoms with van der Waals surface area (Å²) in [6.07, 6.45) is 9.68. The first-order chi connectivity index (χ1) is 14.0. The smallest absolute Gasteiger partial charge is 0.223 e. The molecule has 0 aromatic heterocycles. The second kappa shape index (κ2) is 6.73. The maximum Gasteiger partial charge on any atom is 0.223 e. The van der Waals surface area contributed by atoms with E-state index in [1.807, 2.05) is 6.07 Å². The van der Waals surface area contributed by atoms with Crippen molar-refractivity contribution in [2.45, 2.75) is 71.4 Å². The number of benzene rings is 1. The molecule has 1 saturated heterocycles. The number of fused-ring (bicyclic) bond motifs is 5. The maximum absolute atomic E-state index is 13.0. The van der Waals surface area contributed by atoms with Crippen LogP contribution in [0, 0.1) is 39.9 Å². The summed E-state index contributed by atoms with van der Waals surface area (Å²) in [6, 6.07) is 13.3. The van der Waals surface area contributed by atoms with Crippen molar-refractivity contribution >= 4 is 5.91 Å². The van der Waals surface area contributed by atoms with Gasteiger partial charge in [-0.25, -0.2) is 0 Å². The normalized spacial score (nSPS) is 41.1. The number of hydrogen-bond donors (Lipinski definition) is 0. The number of piperidine rings is 1. The van der Waals surface area contributed by atoms with E-state index in [-0.39, 0.29) is 10.8 Å². The molecule has 5 rings (SSSR count). The molecule has 2 saturated carbocycles. The van der Waals surface area contributed by atoms with Gasteiger partial charge in [-0.2, -0.15) is 5.26 Å². The van der Waals surface area contributed by atoms with Crippen molar-refractivity contribution in [1.29, 1.82) is 5.26 Å². The first-order valence-corrected chi connectivity index (χ1v) is 11.4. The second-order valence-electron chi connectivity index (χ2n) is 10.4. The Balaban J connectivity index is 1.43. The van der Waals surface area contributed by atoms with Gasteiger partial charge < -0.3 is 4.90 Å². The van der Waals surface area contributed by atoms with Gasteiger partial charge in [-0.1, -0.05) is 50.3 Å². The van der Waals surface area contributed by atoms with Crippen molar-refractivity contribution in [2.75, 3.05) is 0 Å². The van der Waals surface area contributed by atoms with E-state index >= 15 is 0 Å². The van der Waals surface area contributed by atoms with E-state index in [4.69, 9.17) is 0 Å². The van der Waals surface area contributed by atoms with Crippen molar-refractivity contribution < 1.29 is 4.79 Å². The lowest BCUT2D eigenvalue weighted by atomic mass is 9.47. The summed E-state index contributed by atoms with van der Waals surface area (Å²) in [7, 11) is 0. The molecule has 1 heterocycles. The Morgan fingerprint density at radius 2 is 1.90 bits per heavy atom. The lowest BCUT2D eigenvalue weighted by molar-refractivity contribution is -0.160. The molecule has 0 bridgehead atoms. The zero-order valence-electron chi connectivity index (χ0n) is 17.7. The van der Waals surface area contributed by atoms with Crippen LogP contribution >= 0.6 is 0 Å². The third-order valence-corrected chi connectivity index (χ3v) is 9.29. The minimum absolute atomic E-state index is 0.0906. The molecule has 3 heteroatoms. The predicted octanol–water partition coefficient (Wildman–Crippen LogP) is 5.48. The molecule has 1 unspecified atom stereocenters. The molecular weight excluding hydrogens is 356 g/mol. The van der Waals surface area contributed by atoms with Crippen LogP contribution in [0.3, 0.4) is 0 Å². The molecule has 29 heavy (non-hydrogen) atoms. The van der Waals surface area contributed by atoms with Gasteiger partial charge in [0.25, 0.3) is 0 Å². The molecule has 3 nitrogen and oxygen atoms in total. The van der Waals surface area contributed by atoms with Gasteiger partial charge in [0.15, 0.2) is 0 Å². The van der Waals surface area contributed by atoms with Gasteiger partial charge in [-0.3, -0.25) is 4.79 Å². The third kappa shape index (κ3) is 2.71. The molecule has 152 valence electrons. The predicted molar refractivity (Wildman–Crippen MR) is 113 cm³/mol. The fraction of sp³-hybridized carbons (Fsp3) is 0.615. The van der Waals surface area contributed by atoms with Gasteiger partial charge in [-0.15, -0.1) is 0 Å². The van der Waals surface area contributed by atoms with Crippen molar-refractivity contribution in [3.8, 4) is 6.07 Å². The van der Waals surface area contributed by atoms with E-state index in [9.17, 15) is 10.1 Å². The van der Waals surface area contributed by atoms with Crippen LogP contribution in [0.5, 0.6) is 0 Å². The molecular formula is C26H32N2O. The number of amides is 1. The number of rotatable bonds is 2. The Kier molecular flexibility index (Phi) is 4.39. The van der Waals surface area contributed by atoms with Crippen LogP contribution in [0.2, 0.25) is 0 Å². The fourth-order valence-electron chi connectivity index (χ4n) is 7.71. The average Bonchev–Trinajstić information content (AvgIpc) is 3.07. The van der Waals surface area contributed by atoms with Gasteiger partial charge in [-0.05, 0) is 67.3 Å². The van der Waals surface area contributed by atoms with E-state index in [0.29, 0.717) is 36.1 Å². The molecule has 0 spiro atoms.